The number of carbonyl (C=O) groups excluding carboxylic acids is 1. The van der Waals surface area contributed by atoms with Crippen molar-refractivity contribution in [3.05, 3.63) is 29.8 Å². The highest BCUT2D eigenvalue weighted by Gasteiger charge is 2.40. The standard InChI is InChI=1S/C15H17NO3S/c17-14(13-7-3-4-8-20-13)16-11-6-2-1-5-10(11)9-12(16)15(18)19/h1-2,5-6,12-13H,3-4,7-9H2,(H,18,19). The Bertz CT molecular complexity index is 540. The molecule has 0 saturated carbocycles. The first-order chi connectivity index (χ1) is 9.68. The van der Waals surface area contributed by atoms with Gasteiger partial charge in [-0.15, -0.1) is 11.8 Å². The van der Waals surface area contributed by atoms with E-state index >= 15 is 0 Å². The molecule has 2 atom stereocenters. The van der Waals surface area contributed by atoms with Gasteiger partial charge in [0.1, 0.15) is 6.04 Å². The molecule has 2 heterocycles. The number of benzene rings is 1. The van der Waals surface area contributed by atoms with Crippen molar-refractivity contribution in [2.45, 2.75) is 37.0 Å². The van der Waals surface area contributed by atoms with Crippen molar-refractivity contribution < 1.29 is 14.7 Å². The minimum Gasteiger partial charge on any atom is -0.480 e. The molecule has 1 N–H and O–H groups in total. The topological polar surface area (TPSA) is 57.6 Å². The van der Waals surface area contributed by atoms with Gasteiger partial charge in [-0.05, 0) is 30.2 Å². The minimum absolute atomic E-state index is 0.0351. The molecule has 1 aromatic carbocycles. The van der Waals surface area contributed by atoms with Crippen LogP contribution in [0.25, 0.3) is 0 Å². The smallest absolute Gasteiger partial charge is 0.327 e. The quantitative estimate of drug-likeness (QED) is 0.908. The summed E-state index contributed by atoms with van der Waals surface area (Å²) in [4.78, 5) is 25.7. The summed E-state index contributed by atoms with van der Waals surface area (Å²) in [5.74, 6) is 0.0336. The summed E-state index contributed by atoms with van der Waals surface area (Å²) in [5, 5.41) is 9.32. The number of thioether (sulfide) groups is 1. The van der Waals surface area contributed by atoms with Gasteiger partial charge in [0.25, 0.3) is 0 Å². The van der Waals surface area contributed by atoms with Crippen LogP contribution in [-0.2, 0) is 16.0 Å². The van der Waals surface area contributed by atoms with E-state index in [4.69, 9.17) is 0 Å². The number of carboxylic acids is 1. The number of aliphatic carboxylic acids is 1. The van der Waals surface area contributed by atoms with E-state index in [2.05, 4.69) is 0 Å². The molecule has 2 aliphatic rings. The highest BCUT2D eigenvalue weighted by molar-refractivity contribution is 8.00. The van der Waals surface area contributed by atoms with Crippen LogP contribution < -0.4 is 4.90 Å². The number of hydrogen-bond acceptors (Lipinski definition) is 3. The van der Waals surface area contributed by atoms with Crippen molar-refractivity contribution in [1.82, 2.24) is 0 Å². The van der Waals surface area contributed by atoms with Crippen molar-refractivity contribution in [2.24, 2.45) is 0 Å². The second-order valence-electron chi connectivity index (χ2n) is 5.25. The lowest BCUT2D eigenvalue weighted by Crippen LogP contribution is -2.47. The van der Waals surface area contributed by atoms with E-state index in [9.17, 15) is 14.7 Å². The second kappa shape index (κ2) is 5.48. The van der Waals surface area contributed by atoms with Gasteiger partial charge in [-0.2, -0.15) is 0 Å². The Morgan fingerprint density at radius 2 is 2.05 bits per heavy atom. The Kier molecular flexibility index (Phi) is 3.70. The number of para-hydroxylation sites is 1. The van der Waals surface area contributed by atoms with Crippen molar-refractivity contribution in [3.63, 3.8) is 0 Å². The lowest BCUT2D eigenvalue weighted by atomic mass is 10.1. The van der Waals surface area contributed by atoms with E-state index in [-0.39, 0.29) is 11.2 Å². The maximum absolute atomic E-state index is 12.7. The van der Waals surface area contributed by atoms with Crippen molar-refractivity contribution >= 4 is 29.3 Å². The minimum atomic E-state index is -0.921. The molecule has 2 unspecified atom stereocenters. The van der Waals surface area contributed by atoms with Crippen LogP contribution >= 0.6 is 11.8 Å². The normalized spacial score (nSPS) is 25.3. The molecule has 0 spiro atoms. The molecule has 5 heteroatoms. The summed E-state index contributed by atoms with van der Waals surface area (Å²) in [6.45, 7) is 0. The van der Waals surface area contributed by atoms with Crippen LogP contribution in [0.4, 0.5) is 5.69 Å². The number of carbonyl (C=O) groups is 2. The van der Waals surface area contributed by atoms with Crippen LogP contribution in [0.5, 0.6) is 0 Å². The molecule has 1 aromatic rings. The van der Waals surface area contributed by atoms with E-state index in [1.807, 2.05) is 24.3 Å². The monoisotopic (exact) mass is 291 g/mol. The first kappa shape index (κ1) is 13.5. The zero-order valence-electron chi connectivity index (χ0n) is 11.1. The SMILES string of the molecule is O=C(O)C1Cc2ccccc2N1C(=O)C1CCCCS1. The Labute approximate surface area is 122 Å². The number of hydrogen-bond donors (Lipinski definition) is 1. The summed E-state index contributed by atoms with van der Waals surface area (Å²) < 4.78 is 0. The molecule has 0 aliphatic carbocycles. The van der Waals surface area contributed by atoms with Crippen molar-refractivity contribution in [3.8, 4) is 0 Å². The second-order valence-corrected chi connectivity index (χ2v) is 6.56. The molecule has 1 amide bonds. The van der Waals surface area contributed by atoms with E-state index in [0.29, 0.717) is 6.42 Å². The number of rotatable bonds is 2. The molecular formula is C15H17NO3S. The fraction of sp³-hybridized carbons (Fsp3) is 0.467. The van der Waals surface area contributed by atoms with Gasteiger partial charge in [-0.3, -0.25) is 9.69 Å². The lowest BCUT2D eigenvalue weighted by Gasteiger charge is -2.29. The van der Waals surface area contributed by atoms with Gasteiger partial charge in [0.15, 0.2) is 0 Å². The molecule has 0 radical (unpaired) electrons. The molecule has 1 fully saturated rings. The highest BCUT2D eigenvalue weighted by atomic mass is 32.2. The first-order valence-electron chi connectivity index (χ1n) is 6.94. The highest BCUT2D eigenvalue weighted by Crippen LogP contribution is 2.36. The molecule has 3 rings (SSSR count). The fourth-order valence-electron chi connectivity index (χ4n) is 2.95. The molecule has 0 bridgehead atoms. The van der Waals surface area contributed by atoms with Crippen LogP contribution in [-0.4, -0.2) is 34.0 Å². The zero-order chi connectivity index (χ0) is 14.1. The Hall–Kier alpha value is -1.49. The molecular weight excluding hydrogens is 274 g/mol. The lowest BCUT2D eigenvalue weighted by molar-refractivity contribution is -0.139. The molecule has 4 nitrogen and oxygen atoms in total. The first-order valence-corrected chi connectivity index (χ1v) is 7.99. The predicted molar refractivity (Wildman–Crippen MR) is 79.2 cm³/mol. The third-order valence-corrected chi connectivity index (χ3v) is 5.32. The molecule has 2 aliphatic heterocycles. The summed E-state index contributed by atoms with van der Waals surface area (Å²) in [7, 11) is 0. The third-order valence-electron chi connectivity index (χ3n) is 3.95. The van der Waals surface area contributed by atoms with E-state index in [1.165, 1.54) is 4.90 Å². The summed E-state index contributed by atoms with van der Waals surface area (Å²) >= 11 is 1.66. The van der Waals surface area contributed by atoms with E-state index in [0.717, 1.165) is 36.3 Å². The summed E-state index contributed by atoms with van der Waals surface area (Å²) in [6, 6.07) is 6.76. The maximum atomic E-state index is 12.7. The number of carboxylic acid groups (broad SMARTS) is 1. The largest absolute Gasteiger partial charge is 0.480 e. The van der Waals surface area contributed by atoms with Gasteiger partial charge < -0.3 is 5.11 Å². The average molecular weight is 291 g/mol. The summed E-state index contributed by atoms with van der Waals surface area (Å²) in [6.07, 6.45) is 3.47. The van der Waals surface area contributed by atoms with Crippen molar-refractivity contribution in [1.29, 1.82) is 0 Å². The maximum Gasteiger partial charge on any atom is 0.327 e. The van der Waals surface area contributed by atoms with Gasteiger partial charge in [-0.25, -0.2) is 4.79 Å². The average Bonchev–Trinajstić information content (AvgIpc) is 2.87. The Morgan fingerprint density at radius 1 is 1.25 bits per heavy atom. The number of nitrogens with zero attached hydrogens (tertiary/aromatic N) is 1. The number of amides is 1. The third kappa shape index (κ3) is 2.30. The fourth-order valence-corrected chi connectivity index (χ4v) is 4.19. The Balaban J connectivity index is 1.91. The van der Waals surface area contributed by atoms with Gasteiger partial charge >= 0.3 is 5.97 Å². The van der Waals surface area contributed by atoms with Crippen molar-refractivity contribution in [2.75, 3.05) is 10.7 Å². The zero-order valence-corrected chi connectivity index (χ0v) is 11.9. The predicted octanol–water partition coefficient (Wildman–Crippen LogP) is 2.31. The molecule has 106 valence electrons. The van der Waals surface area contributed by atoms with Gasteiger partial charge in [-0.1, -0.05) is 24.6 Å². The van der Waals surface area contributed by atoms with Crippen LogP contribution in [0.3, 0.4) is 0 Å². The van der Waals surface area contributed by atoms with E-state index in [1.54, 1.807) is 11.8 Å². The van der Waals surface area contributed by atoms with Gasteiger partial charge in [0.2, 0.25) is 5.91 Å². The van der Waals surface area contributed by atoms with Gasteiger partial charge in [0, 0.05) is 12.1 Å². The summed E-state index contributed by atoms with van der Waals surface area (Å²) in [5.41, 5.74) is 1.73. The van der Waals surface area contributed by atoms with Crippen LogP contribution in [0.2, 0.25) is 0 Å². The molecule has 0 aromatic heterocycles. The van der Waals surface area contributed by atoms with Crippen LogP contribution in [0.15, 0.2) is 24.3 Å². The molecule has 1 saturated heterocycles. The molecule has 20 heavy (non-hydrogen) atoms. The Morgan fingerprint density at radius 3 is 2.75 bits per heavy atom. The van der Waals surface area contributed by atoms with Gasteiger partial charge in [0.05, 0.1) is 5.25 Å². The van der Waals surface area contributed by atoms with E-state index < -0.39 is 12.0 Å². The number of anilines is 1. The van der Waals surface area contributed by atoms with Crippen LogP contribution in [0.1, 0.15) is 24.8 Å². The van der Waals surface area contributed by atoms with Crippen LogP contribution in [0, 0.1) is 0 Å². The number of fused-ring (bicyclic) bond motifs is 1.